The Morgan fingerprint density at radius 3 is 2.67 bits per heavy atom. The fourth-order valence-electron chi connectivity index (χ4n) is 4.00. The Labute approximate surface area is 158 Å². The van der Waals surface area contributed by atoms with Crippen molar-refractivity contribution in [2.24, 2.45) is 0 Å². The first-order chi connectivity index (χ1) is 13.2. The Morgan fingerprint density at radius 1 is 1.15 bits per heavy atom. The van der Waals surface area contributed by atoms with Crippen molar-refractivity contribution in [2.45, 2.75) is 44.6 Å². The van der Waals surface area contributed by atoms with E-state index in [1.165, 1.54) is 0 Å². The van der Waals surface area contributed by atoms with Crippen LogP contribution in [0.1, 0.15) is 42.6 Å². The van der Waals surface area contributed by atoms with Crippen molar-refractivity contribution < 1.29 is 4.79 Å². The molecule has 27 heavy (non-hydrogen) atoms. The van der Waals surface area contributed by atoms with Crippen molar-refractivity contribution in [3.8, 4) is 5.82 Å². The lowest BCUT2D eigenvalue weighted by Gasteiger charge is -2.28. The summed E-state index contributed by atoms with van der Waals surface area (Å²) >= 11 is 0. The maximum Gasteiger partial charge on any atom is 0.230 e. The van der Waals surface area contributed by atoms with E-state index in [1.807, 2.05) is 48.1 Å². The average Bonchev–Trinajstić information content (AvgIpc) is 3.37. The lowest BCUT2D eigenvalue weighted by molar-refractivity contribution is -0.126. The zero-order valence-corrected chi connectivity index (χ0v) is 15.4. The molecule has 0 aliphatic heterocycles. The lowest BCUT2D eigenvalue weighted by Crippen LogP contribution is -2.42. The van der Waals surface area contributed by atoms with Gasteiger partial charge < -0.3 is 5.32 Å². The highest BCUT2D eigenvalue weighted by atomic mass is 16.2. The van der Waals surface area contributed by atoms with Crippen molar-refractivity contribution >= 4 is 5.91 Å². The Bertz CT molecular complexity index is 929. The van der Waals surface area contributed by atoms with Crippen LogP contribution in [0, 0.1) is 6.92 Å². The summed E-state index contributed by atoms with van der Waals surface area (Å²) in [7, 11) is 0. The molecule has 1 aliphatic rings. The van der Waals surface area contributed by atoms with Gasteiger partial charge in [0.2, 0.25) is 5.91 Å². The zero-order chi connectivity index (χ0) is 18.7. The molecule has 0 saturated heterocycles. The number of rotatable bonds is 5. The molecule has 1 aliphatic carbocycles. The minimum absolute atomic E-state index is 0.0742. The fourth-order valence-corrected chi connectivity index (χ4v) is 4.00. The predicted molar refractivity (Wildman–Crippen MR) is 102 cm³/mol. The van der Waals surface area contributed by atoms with Crippen LogP contribution in [0.3, 0.4) is 0 Å². The van der Waals surface area contributed by atoms with Crippen LogP contribution in [0.2, 0.25) is 0 Å². The number of carbonyl (C=O) groups excluding carboxylic acids is 1. The standard InChI is InChI=1S/C21H23N5O/c1-16-23-12-13-26(16)19-17(6-4-11-24-19)14-25-20(27)21(8-2-3-9-21)18-7-5-10-22-15-18/h4-7,10-13,15H,2-3,8-9,14H2,1H3,(H,25,27). The van der Waals surface area contributed by atoms with Crippen LogP contribution in [-0.4, -0.2) is 25.4 Å². The van der Waals surface area contributed by atoms with Crippen LogP contribution in [0.25, 0.3) is 5.82 Å². The van der Waals surface area contributed by atoms with Crippen LogP contribution in [0.5, 0.6) is 0 Å². The van der Waals surface area contributed by atoms with E-state index in [-0.39, 0.29) is 5.91 Å². The van der Waals surface area contributed by atoms with Gasteiger partial charge in [-0.15, -0.1) is 0 Å². The summed E-state index contributed by atoms with van der Waals surface area (Å²) in [4.78, 5) is 26.2. The van der Waals surface area contributed by atoms with Gasteiger partial charge in [-0.25, -0.2) is 9.97 Å². The maximum atomic E-state index is 13.2. The summed E-state index contributed by atoms with van der Waals surface area (Å²) in [5, 5.41) is 3.16. The van der Waals surface area contributed by atoms with Crippen LogP contribution in [-0.2, 0) is 16.8 Å². The highest BCUT2D eigenvalue weighted by Gasteiger charge is 2.42. The number of carbonyl (C=O) groups is 1. The van der Waals surface area contributed by atoms with Gasteiger partial charge >= 0.3 is 0 Å². The molecule has 6 nitrogen and oxygen atoms in total. The van der Waals surface area contributed by atoms with Crippen molar-refractivity contribution in [3.63, 3.8) is 0 Å². The smallest absolute Gasteiger partial charge is 0.230 e. The number of nitrogens with one attached hydrogen (secondary N) is 1. The molecule has 6 heteroatoms. The van der Waals surface area contributed by atoms with Crippen LogP contribution < -0.4 is 5.32 Å². The summed E-state index contributed by atoms with van der Waals surface area (Å²) < 4.78 is 1.94. The van der Waals surface area contributed by atoms with Gasteiger partial charge in [-0.3, -0.25) is 14.3 Å². The van der Waals surface area contributed by atoms with E-state index < -0.39 is 5.41 Å². The van der Waals surface area contributed by atoms with Gasteiger partial charge in [0.25, 0.3) is 0 Å². The van der Waals surface area contributed by atoms with E-state index in [0.717, 1.165) is 48.5 Å². The van der Waals surface area contributed by atoms with Gasteiger partial charge in [0.15, 0.2) is 0 Å². The molecule has 0 atom stereocenters. The quantitative estimate of drug-likeness (QED) is 0.758. The second kappa shape index (κ2) is 7.31. The van der Waals surface area contributed by atoms with Crippen LogP contribution in [0.4, 0.5) is 0 Å². The molecule has 3 aromatic rings. The Hall–Kier alpha value is -3.02. The summed E-state index contributed by atoms with van der Waals surface area (Å²) in [6.45, 7) is 2.37. The molecule has 1 amide bonds. The zero-order valence-electron chi connectivity index (χ0n) is 15.4. The second-order valence-corrected chi connectivity index (χ2v) is 7.04. The van der Waals surface area contributed by atoms with Gasteiger partial charge in [0.1, 0.15) is 11.6 Å². The molecule has 0 spiro atoms. The topological polar surface area (TPSA) is 72.7 Å². The molecule has 3 aromatic heterocycles. The largest absolute Gasteiger partial charge is 0.351 e. The average molecular weight is 361 g/mol. The van der Waals surface area contributed by atoms with Gasteiger partial charge in [-0.1, -0.05) is 25.0 Å². The number of hydrogen-bond donors (Lipinski definition) is 1. The molecule has 0 bridgehead atoms. The number of imidazole rings is 1. The molecule has 0 unspecified atom stereocenters. The van der Waals surface area contributed by atoms with Crippen molar-refractivity contribution in [2.75, 3.05) is 0 Å². The third-order valence-corrected chi connectivity index (χ3v) is 5.47. The highest BCUT2D eigenvalue weighted by molar-refractivity contribution is 5.88. The van der Waals surface area contributed by atoms with E-state index in [2.05, 4.69) is 20.3 Å². The number of hydrogen-bond acceptors (Lipinski definition) is 4. The van der Waals surface area contributed by atoms with Crippen molar-refractivity contribution in [3.05, 3.63) is 72.2 Å². The van der Waals surface area contributed by atoms with Crippen molar-refractivity contribution in [1.82, 2.24) is 24.8 Å². The van der Waals surface area contributed by atoms with Gasteiger partial charge in [-0.2, -0.15) is 0 Å². The van der Waals surface area contributed by atoms with E-state index in [9.17, 15) is 4.79 Å². The summed E-state index contributed by atoms with van der Waals surface area (Å²) in [6.07, 6.45) is 12.8. The number of nitrogens with zero attached hydrogens (tertiary/aromatic N) is 4. The maximum absolute atomic E-state index is 13.2. The number of aryl methyl sites for hydroxylation is 1. The molecule has 1 saturated carbocycles. The molecule has 1 fully saturated rings. The van der Waals surface area contributed by atoms with Gasteiger partial charge in [0, 0.05) is 43.1 Å². The summed E-state index contributed by atoms with van der Waals surface area (Å²) in [6, 6.07) is 7.81. The van der Waals surface area contributed by atoms with E-state index in [0.29, 0.717) is 6.54 Å². The fraction of sp³-hybridized carbons (Fsp3) is 0.333. The summed E-state index contributed by atoms with van der Waals surface area (Å²) in [5.41, 5.74) is 1.50. The molecule has 0 aromatic carbocycles. The van der Waals surface area contributed by atoms with E-state index >= 15 is 0 Å². The Morgan fingerprint density at radius 2 is 1.96 bits per heavy atom. The molecular weight excluding hydrogens is 338 g/mol. The molecular formula is C21H23N5O. The van der Waals surface area contributed by atoms with Gasteiger partial charge in [0.05, 0.1) is 5.41 Å². The lowest BCUT2D eigenvalue weighted by atomic mass is 9.78. The van der Waals surface area contributed by atoms with Crippen LogP contribution in [0.15, 0.2) is 55.2 Å². The number of pyridine rings is 2. The molecule has 1 N–H and O–H groups in total. The third-order valence-electron chi connectivity index (χ3n) is 5.47. The first kappa shape index (κ1) is 17.4. The normalized spacial score (nSPS) is 15.6. The summed E-state index contributed by atoms with van der Waals surface area (Å²) in [5.74, 6) is 1.74. The first-order valence-electron chi connectivity index (χ1n) is 9.34. The van der Waals surface area contributed by atoms with E-state index in [4.69, 9.17) is 0 Å². The van der Waals surface area contributed by atoms with Gasteiger partial charge in [-0.05, 0) is 37.5 Å². The minimum Gasteiger partial charge on any atom is -0.351 e. The monoisotopic (exact) mass is 361 g/mol. The minimum atomic E-state index is -0.471. The number of aromatic nitrogens is 4. The molecule has 0 radical (unpaired) electrons. The first-order valence-corrected chi connectivity index (χ1v) is 9.34. The number of amides is 1. The highest BCUT2D eigenvalue weighted by Crippen LogP contribution is 2.41. The Balaban J connectivity index is 1.57. The Kier molecular flexibility index (Phi) is 4.71. The predicted octanol–water partition coefficient (Wildman–Crippen LogP) is 3.10. The molecule has 138 valence electrons. The molecule has 3 heterocycles. The van der Waals surface area contributed by atoms with Crippen LogP contribution >= 0.6 is 0 Å². The SMILES string of the molecule is Cc1nccn1-c1ncccc1CNC(=O)C1(c2cccnc2)CCCC1. The van der Waals surface area contributed by atoms with Crippen molar-refractivity contribution in [1.29, 1.82) is 0 Å². The second-order valence-electron chi connectivity index (χ2n) is 7.04. The molecule has 4 rings (SSSR count). The van der Waals surface area contributed by atoms with E-state index in [1.54, 1.807) is 18.6 Å². The third kappa shape index (κ3) is 3.23.